The van der Waals surface area contributed by atoms with Gasteiger partial charge in [-0.3, -0.25) is 4.79 Å². The average molecular weight is 293 g/mol. The molecule has 20 heavy (non-hydrogen) atoms. The predicted molar refractivity (Wildman–Crippen MR) is 83.3 cm³/mol. The summed E-state index contributed by atoms with van der Waals surface area (Å²) in [6.07, 6.45) is 3.72. The third-order valence-electron chi connectivity index (χ3n) is 4.40. The Balaban J connectivity index is 1.90. The number of carboxylic acid groups (broad SMARTS) is 1. The number of carboxylic acids is 1. The van der Waals surface area contributed by atoms with Crippen molar-refractivity contribution in [1.82, 2.24) is 5.32 Å². The number of hydrogen-bond donors (Lipinski definition) is 2. The van der Waals surface area contributed by atoms with Gasteiger partial charge in [-0.25, -0.2) is 0 Å². The molecule has 0 aromatic heterocycles. The SMILES string of the molecule is CNC1(C(=O)O)CCCC1CCSc1ccc(C)cc1. The Morgan fingerprint density at radius 2 is 2.15 bits per heavy atom. The number of likely N-dealkylation sites (N-methyl/N-ethyl adjacent to an activating group) is 1. The quantitative estimate of drug-likeness (QED) is 0.790. The lowest BCUT2D eigenvalue weighted by atomic mass is 9.85. The maximum atomic E-state index is 11.6. The van der Waals surface area contributed by atoms with Gasteiger partial charge in [-0.05, 0) is 57.0 Å². The summed E-state index contributed by atoms with van der Waals surface area (Å²) in [6, 6.07) is 8.51. The number of rotatable bonds is 6. The lowest BCUT2D eigenvalue weighted by molar-refractivity contribution is -0.146. The first-order valence-corrected chi connectivity index (χ1v) is 8.19. The largest absolute Gasteiger partial charge is 0.480 e. The number of aliphatic carboxylic acids is 1. The van der Waals surface area contributed by atoms with E-state index >= 15 is 0 Å². The highest BCUT2D eigenvalue weighted by molar-refractivity contribution is 7.99. The van der Waals surface area contributed by atoms with Crippen LogP contribution in [0.3, 0.4) is 0 Å². The Labute approximate surface area is 125 Å². The lowest BCUT2D eigenvalue weighted by Crippen LogP contribution is -2.53. The van der Waals surface area contributed by atoms with Crippen LogP contribution in [0.2, 0.25) is 0 Å². The highest BCUT2D eigenvalue weighted by atomic mass is 32.2. The molecule has 0 aliphatic heterocycles. The van der Waals surface area contributed by atoms with Gasteiger partial charge in [0, 0.05) is 4.90 Å². The molecule has 1 aromatic carbocycles. The number of benzene rings is 1. The molecule has 3 nitrogen and oxygen atoms in total. The van der Waals surface area contributed by atoms with Crippen LogP contribution in [0, 0.1) is 12.8 Å². The molecule has 0 heterocycles. The molecule has 0 amide bonds. The monoisotopic (exact) mass is 293 g/mol. The topological polar surface area (TPSA) is 49.3 Å². The lowest BCUT2D eigenvalue weighted by Gasteiger charge is -2.30. The van der Waals surface area contributed by atoms with Crippen LogP contribution in [0.1, 0.15) is 31.2 Å². The summed E-state index contributed by atoms with van der Waals surface area (Å²) in [5.41, 5.74) is 0.568. The predicted octanol–water partition coefficient (Wildman–Crippen LogP) is 3.32. The molecule has 0 spiro atoms. The van der Waals surface area contributed by atoms with Crippen LogP contribution in [0.4, 0.5) is 0 Å². The van der Waals surface area contributed by atoms with E-state index in [9.17, 15) is 9.90 Å². The molecule has 1 aromatic rings. The molecule has 1 saturated carbocycles. The first-order chi connectivity index (χ1) is 9.58. The summed E-state index contributed by atoms with van der Waals surface area (Å²) in [7, 11) is 1.78. The number of carbonyl (C=O) groups is 1. The zero-order valence-electron chi connectivity index (χ0n) is 12.2. The zero-order valence-corrected chi connectivity index (χ0v) is 13.0. The summed E-state index contributed by atoms with van der Waals surface area (Å²) < 4.78 is 0. The normalized spacial score (nSPS) is 25.8. The van der Waals surface area contributed by atoms with Gasteiger partial charge in [0.05, 0.1) is 0 Å². The minimum atomic E-state index is -0.701. The van der Waals surface area contributed by atoms with Gasteiger partial charge in [0.1, 0.15) is 5.54 Å². The van der Waals surface area contributed by atoms with Crippen molar-refractivity contribution >= 4 is 17.7 Å². The van der Waals surface area contributed by atoms with Crippen molar-refractivity contribution < 1.29 is 9.90 Å². The molecule has 0 saturated heterocycles. The Morgan fingerprint density at radius 1 is 1.45 bits per heavy atom. The van der Waals surface area contributed by atoms with Crippen LogP contribution in [0.5, 0.6) is 0 Å². The third-order valence-corrected chi connectivity index (χ3v) is 5.45. The second-order valence-electron chi connectivity index (χ2n) is 5.57. The van der Waals surface area contributed by atoms with Crippen molar-refractivity contribution in [1.29, 1.82) is 0 Å². The molecule has 2 atom stereocenters. The van der Waals surface area contributed by atoms with Crippen molar-refractivity contribution in [3.8, 4) is 0 Å². The summed E-state index contributed by atoms with van der Waals surface area (Å²) in [5, 5.41) is 12.6. The molecule has 2 unspecified atom stereocenters. The standard InChI is InChI=1S/C16H23NO2S/c1-12-5-7-14(8-6-12)20-11-9-13-4-3-10-16(13,17-2)15(18)19/h5-8,13,17H,3-4,9-11H2,1-2H3,(H,18,19). The number of thioether (sulfide) groups is 1. The highest BCUT2D eigenvalue weighted by Gasteiger charge is 2.47. The Morgan fingerprint density at radius 3 is 2.75 bits per heavy atom. The van der Waals surface area contributed by atoms with Crippen molar-refractivity contribution in [2.24, 2.45) is 5.92 Å². The van der Waals surface area contributed by atoms with Gasteiger partial charge >= 0.3 is 5.97 Å². The molecule has 2 N–H and O–H groups in total. The van der Waals surface area contributed by atoms with Gasteiger partial charge in [-0.2, -0.15) is 0 Å². The van der Waals surface area contributed by atoms with Gasteiger partial charge in [0.25, 0.3) is 0 Å². The molecular formula is C16H23NO2S. The molecule has 1 aliphatic rings. The molecule has 1 fully saturated rings. The van der Waals surface area contributed by atoms with Gasteiger partial charge in [-0.1, -0.05) is 24.1 Å². The fourth-order valence-corrected chi connectivity index (χ4v) is 4.11. The third kappa shape index (κ3) is 3.18. The first-order valence-electron chi connectivity index (χ1n) is 7.20. The van der Waals surface area contributed by atoms with E-state index in [1.165, 1.54) is 10.5 Å². The van der Waals surface area contributed by atoms with Crippen molar-refractivity contribution in [3.63, 3.8) is 0 Å². The van der Waals surface area contributed by atoms with E-state index in [4.69, 9.17) is 0 Å². The van der Waals surface area contributed by atoms with Gasteiger partial charge < -0.3 is 10.4 Å². The van der Waals surface area contributed by atoms with E-state index in [2.05, 4.69) is 36.5 Å². The Kier molecular flexibility index (Phi) is 5.11. The average Bonchev–Trinajstić information content (AvgIpc) is 2.85. The van der Waals surface area contributed by atoms with Gasteiger partial charge in [-0.15, -0.1) is 11.8 Å². The number of aryl methyl sites for hydroxylation is 1. The minimum Gasteiger partial charge on any atom is -0.480 e. The first kappa shape index (κ1) is 15.4. The fourth-order valence-electron chi connectivity index (χ4n) is 3.14. The number of nitrogens with one attached hydrogen (secondary N) is 1. The second kappa shape index (κ2) is 6.64. The summed E-state index contributed by atoms with van der Waals surface area (Å²) in [6.45, 7) is 2.08. The number of hydrogen-bond acceptors (Lipinski definition) is 3. The van der Waals surface area contributed by atoms with Crippen LogP contribution < -0.4 is 5.32 Å². The van der Waals surface area contributed by atoms with Crippen LogP contribution in [0.15, 0.2) is 29.2 Å². The zero-order chi connectivity index (χ0) is 14.6. The molecule has 0 radical (unpaired) electrons. The van der Waals surface area contributed by atoms with E-state index in [0.29, 0.717) is 0 Å². The molecule has 0 bridgehead atoms. The molecule has 4 heteroatoms. The van der Waals surface area contributed by atoms with E-state index in [0.717, 1.165) is 31.4 Å². The Bertz CT molecular complexity index is 460. The maximum Gasteiger partial charge on any atom is 0.324 e. The van der Waals surface area contributed by atoms with E-state index in [1.54, 1.807) is 7.05 Å². The Hall–Kier alpha value is -1.00. The summed E-state index contributed by atoms with van der Waals surface area (Å²) in [5.74, 6) is 0.524. The highest BCUT2D eigenvalue weighted by Crippen LogP contribution is 2.39. The van der Waals surface area contributed by atoms with Crippen molar-refractivity contribution in [2.45, 2.75) is 43.0 Å². The van der Waals surface area contributed by atoms with Gasteiger partial charge in [0.2, 0.25) is 0 Å². The van der Waals surface area contributed by atoms with Crippen LogP contribution in [-0.2, 0) is 4.79 Å². The van der Waals surface area contributed by atoms with Gasteiger partial charge in [0.15, 0.2) is 0 Å². The van der Waals surface area contributed by atoms with E-state index < -0.39 is 11.5 Å². The molecule has 1 aliphatic carbocycles. The maximum absolute atomic E-state index is 11.6. The smallest absolute Gasteiger partial charge is 0.324 e. The van der Waals surface area contributed by atoms with Crippen LogP contribution in [0.25, 0.3) is 0 Å². The summed E-state index contributed by atoms with van der Waals surface area (Å²) in [4.78, 5) is 12.8. The second-order valence-corrected chi connectivity index (χ2v) is 6.73. The summed E-state index contributed by atoms with van der Waals surface area (Å²) >= 11 is 1.82. The van der Waals surface area contributed by atoms with Crippen molar-refractivity contribution in [2.75, 3.05) is 12.8 Å². The fraction of sp³-hybridized carbons (Fsp3) is 0.562. The molecular weight excluding hydrogens is 270 g/mol. The van der Waals surface area contributed by atoms with E-state index in [1.807, 2.05) is 11.8 Å². The van der Waals surface area contributed by atoms with Crippen LogP contribution in [-0.4, -0.2) is 29.4 Å². The molecule has 110 valence electrons. The van der Waals surface area contributed by atoms with Crippen LogP contribution >= 0.6 is 11.8 Å². The van der Waals surface area contributed by atoms with E-state index in [-0.39, 0.29) is 5.92 Å². The minimum absolute atomic E-state index is 0.239. The van der Waals surface area contributed by atoms with Crippen molar-refractivity contribution in [3.05, 3.63) is 29.8 Å². The molecule has 2 rings (SSSR count).